The Morgan fingerprint density at radius 3 is 2.87 bits per heavy atom. The molecule has 0 atom stereocenters. The zero-order valence-electron chi connectivity index (χ0n) is 8.18. The van der Waals surface area contributed by atoms with Crippen LogP contribution in [0.3, 0.4) is 0 Å². The Kier molecular flexibility index (Phi) is 4.08. The van der Waals surface area contributed by atoms with Gasteiger partial charge in [0.2, 0.25) is 5.91 Å². The summed E-state index contributed by atoms with van der Waals surface area (Å²) in [5.41, 5.74) is 0.635. The van der Waals surface area contributed by atoms with Gasteiger partial charge >= 0.3 is 0 Å². The first kappa shape index (κ1) is 12.0. The number of carbonyl (C=O) groups excluding carboxylic acids is 1. The van der Waals surface area contributed by atoms with Gasteiger partial charge < -0.3 is 10.4 Å². The Labute approximate surface area is 95.4 Å². The van der Waals surface area contributed by atoms with E-state index in [2.05, 4.69) is 21.2 Å². The summed E-state index contributed by atoms with van der Waals surface area (Å²) >= 11 is 3.15. The number of rotatable bonds is 3. The van der Waals surface area contributed by atoms with E-state index in [1.165, 1.54) is 12.1 Å². The molecular formula is C10H11BrFNO2. The molecule has 0 saturated heterocycles. The van der Waals surface area contributed by atoms with Crippen LogP contribution in [0.1, 0.15) is 18.9 Å². The predicted molar refractivity (Wildman–Crippen MR) is 57.9 cm³/mol. The fourth-order valence-corrected chi connectivity index (χ4v) is 1.49. The summed E-state index contributed by atoms with van der Waals surface area (Å²) in [4.78, 5) is 11.0. The molecule has 82 valence electrons. The number of amides is 1. The van der Waals surface area contributed by atoms with Gasteiger partial charge in [-0.1, -0.05) is 22.9 Å². The average molecular weight is 276 g/mol. The molecule has 3 nitrogen and oxygen atoms in total. The van der Waals surface area contributed by atoms with Gasteiger partial charge in [-0.25, -0.2) is 4.39 Å². The maximum atomic E-state index is 12.9. The monoisotopic (exact) mass is 275 g/mol. The number of hydrogen-bond donors (Lipinski definition) is 2. The fraction of sp³-hybridized carbons (Fsp3) is 0.300. The molecular weight excluding hydrogens is 265 g/mol. The van der Waals surface area contributed by atoms with Crippen molar-refractivity contribution in [2.45, 2.75) is 19.9 Å². The summed E-state index contributed by atoms with van der Waals surface area (Å²) in [7, 11) is 0. The molecule has 0 bridgehead atoms. The van der Waals surface area contributed by atoms with Crippen molar-refractivity contribution in [2.24, 2.45) is 0 Å². The van der Waals surface area contributed by atoms with Crippen molar-refractivity contribution in [3.05, 3.63) is 28.0 Å². The van der Waals surface area contributed by atoms with Gasteiger partial charge in [0, 0.05) is 17.4 Å². The third-order valence-corrected chi connectivity index (χ3v) is 2.65. The lowest BCUT2D eigenvalue weighted by Gasteiger charge is -2.07. The zero-order chi connectivity index (χ0) is 11.4. The number of nitrogens with one attached hydrogen (secondary N) is 1. The van der Waals surface area contributed by atoms with Crippen molar-refractivity contribution in [3.63, 3.8) is 0 Å². The summed E-state index contributed by atoms with van der Waals surface area (Å²) < 4.78 is 13.4. The Balaban J connectivity index is 2.77. The molecule has 0 radical (unpaired) electrons. The molecule has 1 aromatic rings. The van der Waals surface area contributed by atoms with Gasteiger partial charge in [0.05, 0.1) is 0 Å². The summed E-state index contributed by atoms with van der Waals surface area (Å²) in [6.07, 6.45) is 0.394. The smallest absolute Gasteiger partial charge is 0.219 e. The lowest BCUT2D eigenvalue weighted by molar-refractivity contribution is -0.120. The van der Waals surface area contributed by atoms with E-state index in [4.69, 9.17) is 5.11 Å². The third kappa shape index (κ3) is 3.20. The van der Waals surface area contributed by atoms with Gasteiger partial charge in [0.15, 0.2) is 11.6 Å². The van der Waals surface area contributed by atoms with E-state index in [0.717, 1.165) is 0 Å². The minimum Gasteiger partial charge on any atom is -0.505 e. The van der Waals surface area contributed by atoms with E-state index in [1.54, 1.807) is 6.92 Å². The van der Waals surface area contributed by atoms with Crippen LogP contribution in [-0.4, -0.2) is 11.0 Å². The molecule has 0 spiro atoms. The number of benzene rings is 1. The molecule has 0 unspecified atom stereocenters. The van der Waals surface area contributed by atoms with Crippen LogP contribution >= 0.6 is 15.9 Å². The maximum absolute atomic E-state index is 12.9. The maximum Gasteiger partial charge on any atom is 0.219 e. The minimum atomic E-state index is -0.688. The lowest BCUT2D eigenvalue weighted by Crippen LogP contribution is -2.21. The highest BCUT2D eigenvalue weighted by molar-refractivity contribution is 9.10. The van der Waals surface area contributed by atoms with Gasteiger partial charge in [-0.15, -0.1) is 0 Å². The lowest BCUT2D eigenvalue weighted by atomic mass is 10.2. The average Bonchev–Trinajstić information content (AvgIpc) is 2.21. The van der Waals surface area contributed by atoms with Crippen molar-refractivity contribution >= 4 is 21.8 Å². The van der Waals surface area contributed by atoms with Gasteiger partial charge in [-0.2, -0.15) is 0 Å². The molecule has 0 aliphatic heterocycles. The number of halogens is 2. The van der Waals surface area contributed by atoms with Crippen LogP contribution in [0.4, 0.5) is 4.39 Å². The Morgan fingerprint density at radius 2 is 2.27 bits per heavy atom. The molecule has 1 aromatic carbocycles. The van der Waals surface area contributed by atoms with Crippen molar-refractivity contribution in [1.29, 1.82) is 0 Å². The SMILES string of the molecule is CCC(=O)NCc1cc(O)c(F)cc1Br. The highest BCUT2D eigenvalue weighted by Gasteiger charge is 2.07. The first-order chi connectivity index (χ1) is 7.04. The highest BCUT2D eigenvalue weighted by atomic mass is 79.9. The molecule has 0 heterocycles. The van der Waals surface area contributed by atoms with Crippen LogP contribution < -0.4 is 5.32 Å². The van der Waals surface area contributed by atoms with Gasteiger partial charge in [-0.3, -0.25) is 4.79 Å². The van der Waals surface area contributed by atoms with Crippen molar-refractivity contribution in [3.8, 4) is 5.75 Å². The van der Waals surface area contributed by atoms with Crippen LogP contribution in [0, 0.1) is 5.82 Å². The normalized spacial score (nSPS) is 10.1. The third-order valence-electron chi connectivity index (χ3n) is 1.91. The van der Waals surface area contributed by atoms with E-state index in [9.17, 15) is 9.18 Å². The van der Waals surface area contributed by atoms with E-state index >= 15 is 0 Å². The number of phenols is 1. The predicted octanol–water partition coefficient (Wildman–Crippen LogP) is 2.32. The zero-order valence-corrected chi connectivity index (χ0v) is 9.77. The minimum absolute atomic E-state index is 0.0919. The largest absolute Gasteiger partial charge is 0.505 e. The molecule has 5 heteroatoms. The Hall–Kier alpha value is -1.10. The molecule has 1 amide bonds. The number of phenolic OH excluding ortho intramolecular Hbond substituents is 1. The molecule has 0 aromatic heterocycles. The van der Waals surface area contributed by atoms with Crippen molar-refractivity contribution in [2.75, 3.05) is 0 Å². The molecule has 15 heavy (non-hydrogen) atoms. The van der Waals surface area contributed by atoms with Crippen LogP contribution in [0.5, 0.6) is 5.75 Å². The highest BCUT2D eigenvalue weighted by Crippen LogP contribution is 2.25. The number of aromatic hydroxyl groups is 1. The van der Waals surface area contributed by atoms with Crippen molar-refractivity contribution < 1.29 is 14.3 Å². The van der Waals surface area contributed by atoms with E-state index in [-0.39, 0.29) is 12.5 Å². The van der Waals surface area contributed by atoms with Crippen LogP contribution in [0.25, 0.3) is 0 Å². The van der Waals surface area contributed by atoms with E-state index in [0.29, 0.717) is 16.5 Å². The second-order valence-corrected chi connectivity index (χ2v) is 3.88. The van der Waals surface area contributed by atoms with E-state index in [1.807, 2.05) is 0 Å². The first-order valence-electron chi connectivity index (χ1n) is 4.48. The van der Waals surface area contributed by atoms with Crippen LogP contribution in [0.2, 0.25) is 0 Å². The van der Waals surface area contributed by atoms with Gasteiger partial charge in [-0.05, 0) is 17.7 Å². The number of hydrogen-bond acceptors (Lipinski definition) is 2. The number of carbonyl (C=O) groups is 1. The molecule has 0 aliphatic carbocycles. The Morgan fingerprint density at radius 1 is 1.60 bits per heavy atom. The molecule has 0 saturated carbocycles. The topological polar surface area (TPSA) is 49.3 Å². The van der Waals surface area contributed by atoms with Crippen molar-refractivity contribution in [1.82, 2.24) is 5.32 Å². The standard InChI is InChI=1S/C10H11BrFNO2/c1-2-10(15)13-5-6-3-9(14)8(12)4-7(6)11/h3-4,14H,2,5H2,1H3,(H,13,15). The molecule has 0 aliphatic rings. The molecule has 0 fully saturated rings. The Bertz CT molecular complexity index is 382. The molecule has 1 rings (SSSR count). The summed E-state index contributed by atoms with van der Waals surface area (Å²) in [5.74, 6) is -1.20. The fourth-order valence-electron chi connectivity index (χ4n) is 1.04. The summed E-state index contributed by atoms with van der Waals surface area (Å²) in [6, 6.07) is 2.46. The summed E-state index contributed by atoms with van der Waals surface area (Å²) in [5, 5.41) is 11.8. The van der Waals surface area contributed by atoms with Crippen LogP contribution in [0.15, 0.2) is 16.6 Å². The van der Waals surface area contributed by atoms with Gasteiger partial charge in [0.1, 0.15) is 0 Å². The van der Waals surface area contributed by atoms with Crippen LogP contribution in [-0.2, 0) is 11.3 Å². The molecule has 2 N–H and O–H groups in total. The van der Waals surface area contributed by atoms with Gasteiger partial charge in [0.25, 0.3) is 0 Å². The quantitative estimate of drug-likeness (QED) is 0.890. The second kappa shape index (κ2) is 5.11. The summed E-state index contributed by atoms with van der Waals surface area (Å²) in [6.45, 7) is 2.01. The second-order valence-electron chi connectivity index (χ2n) is 3.03. The first-order valence-corrected chi connectivity index (χ1v) is 5.27. The van der Waals surface area contributed by atoms with E-state index < -0.39 is 11.6 Å².